The third kappa shape index (κ3) is 5.71. The van der Waals surface area contributed by atoms with Crippen LogP contribution in [-0.2, 0) is 4.74 Å². The number of anilines is 2. The van der Waals surface area contributed by atoms with Crippen LogP contribution in [-0.4, -0.2) is 53.6 Å². The lowest BCUT2D eigenvalue weighted by molar-refractivity contribution is -0.384. The number of nitro benzene ring substituents is 1. The summed E-state index contributed by atoms with van der Waals surface area (Å²) in [5.41, 5.74) is 0.920. The van der Waals surface area contributed by atoms with Crippen molar-refractivity contribution in [1.29, 1.82) is 0 Å². The number of hydrogen-bond donors (Lipinski definition) is 1. The largest absolute Gasteiger partial charge is 0.444 e. The summed E-state index contributed by atoms with van der Waals surface area (Å²) >= 11 is 0. The van der Waals surface area contributed by atoms with E-state index in [0.29, 0.717) is 43.1 Å². The summed E-state index contributed by atoms with van der Waals surface area (Å²) in [5.74, 6) is -0.157. The number of piperazine rings is 1. The zero-order chi connectivity index (χ0) is 22.6. The highest BCUT2D eigenvalue weighted by molar-refractivity contribution is 5.96. The molecule has 0 saturated carbocycles. The topological polar surface area (TPSA) is 105 Å². The van der Waals surface area contributed by atoms with Gasteiger partial charge in [-0.3, -0.25) is 20.2 Å². The maximum Gasteiger partial charge on any atom is 0.412 e. The molecule has 164 valence electrons. The lowest BCUT2D eigenvalue weighted by atomic mass is 10.1. The molecule has 9 heteroatoms. The molecule has 1 aliphatic heterocycles. The molecular formula is C22H26N4O5. The van der Waals surface area contributed by atoms with Crippen molar-refractivity contribution in [1.82, 2.24) is 4.90 Å². The van der Waals surface area contributed by atoms with E-state index < -0.39 is 16.6 Å². The molecule has 9 nitrogen and oxygen atoms in total. The number of rotatable bonds is 4. The van der Waals surface area contributed by atoms with Crippen LogP contribution in [0.4, 0.5) is 21.9 Å². The second-order valence-corrected chi connectivity index (χ2v) is 8.23. The van der Waals surface area contributed by atoms with Crippen molar-refractivity contribution in [2.24, 2.45) is 0 Å². The number of para-hydroxylation sites is 2. The van der Waals surface area contributed by atoms with Crippen molar-refractivity contribution in [3.05, 3.63) is 64.2 Å². The molecule has 1 saturated heterocycles. The van der Waals surface area contributed by atoms with Crippen LogP contribution in [0.3, 0.4) is 0 Å². The molecule has 2 aromatic carbocycles. The fourth-order valence-electron chi connectivity index (χ4n) is 3.37. The zero-order valence-corrected chi connectivity index (χ0v) is 17.8. The van der Waals surface area contributed by atoms with Crippen molar-refractivity contribution in [2.45, 2.75) is 26.4 Å². The molecule has 3 rings (SSSR count). The molecule has 2 aromatic rings. The predicted molar refractivity (Wildman–Crippen MR) is 118 cm³/mol. The molecule has 0 bridgehead atoms. The highest BCUT2D eigenvalue weighted by Gasteiger charge is 2.26. The fraction of sp³-hybridized carbons (Fsp3) is 0.364. The first-order valence-electron chi connectivity index (χ1n) is 10.0. The van der Waals surface area contributed by atoms with Gasteiger partial charge in [-0.1, -0.05) is 18.2 Å². The average Bonchev–Trinajstić information content (AvgIpc) is 2.72. The molecular weight excluding hydrogens is 400 g/mol. The first kappa shape index (κ1) is 22.1. The van der Waals surface area contributed by atoms with Crippen LogP contribution in [0.15, 0.2) is 48.5 Å². The minimum atomic E-state index is -0.620. The van der Waals surface area contributed by atoms with E-state index in [0.717, 1.165) is 0 Å². The average molecular weight is 426 g/mol. The molecule has 1 aliphatic rings. The number of benzene rings is 2. The molecule has 0 unspecified atom stereocenters. The Balaban J connectivity index is 1.64. The lowest BCUT2D eigenvalue weighted by Gasteiger charge is -2.35. The second kappa shape index (κ2) is 9.03. The Hall–Kier alpha value is -3.62. The number of ether oxygens (including phenoxy) is 1. The Kier molecular flexibility index (Phi) is 6.43. The maximum atomic E-state index is 12.9. The molecule has 0 aliphatic carbocycles. The second-order valence-electron chi connectivity index (χ2n) is 8.23. The minimum Gasteiger partial charge on any atom is -0.444 e. The van der Waals surface area contributed by atoms with Gasteiger partial charge in [0.1, 0.15) is 11.3 Å². The van der Waals surface area contributed by atoms with Crippen LogP contribution in [0.5, 0.6) is 0 Å². The maximum absolute atomic E-state index is 12.9. The van der Waals surface area contributed by atoms with Gasteiger partial charge in [-0.15, -0.1) is 0 Å². The predicted octanol–water partition coefficient (Wildman–Crippen LogP) is 3.90. The number of carbonyl (C=O) groups excluding carboxylic acids is 2. The van der Waals surface area contributed by atoms with E-state index in [2.05, 4.69) is 5.32 Å². The highest BCUT2D eigenvalue weighted by atomic mass is 16.6. The number of nitro groups is 1. The summed E-state index contributed by atoms with van der Waals surface area (Å²) in [4.78, 5) is 39.4. The highest BCUT2D eigenvalue weighted by Crippen LogP contribution is 2.28. The standard InChI is InChI=1S/C22H26N4O5/c1-22(2,3)31-21(28)23-17-8-6-7-16(15-17)20(27)25-13-11-24(12-14-25)18-9-4-5-10-19(18)26(29)30/h4-10,15H,11-14H2,1-3H3,(H,23,28). The summed E-state index contributed by atoms with van der Waals surface area (Å²) in [5, 5.41) is 13.9. The molecule has 0 atom stereocenters. The van der Waals surface area contributed by atoms with Crippen LogP contribution < -0.4 is 10.2 Å². The number of carbonyl (C=O) groups is 2. The van der Waals surface area contributed by atoms with Crippen LogP contribution >= 0.6 is 0 Å². The molecule has 0 spiro atoms. The summed E-state index contributed by atoms with van der Waals surface area (Å²) in [6.07, 6.45) is -0.588. The van der Waals surface area contributed by atoms with E-state index in [1.54, 1.807) is 68.1 Å². The third-order valence-corrected chi connectivity index (χ3v) is 4.74. The lowest BCUT2D eigenvalue weighted by Crippen LogP contribution is -2.49. The Morgan fingerprint density at radius 2 is 1.71 bits per heavy atom. The van der Waals surface area contributed by atoms with E-state index >= 15 is 0 Å². The normalized spacial score (nSPS) is 14.2. The van der Waals surface area contributed by atoms with Crippen LogP contribution in [0.1, 0.15) is 31.1 Å². The molecule has 1 heterocycles. The van der Waals surface area contributed by atoms with Gasteiger partial charge in [0.25, 0.3) is 11.6 Å². The van der Waals surface area contributed by atoms with Gasteiger partial charge in [0.05, 0.1) is 4.92 Å². The SMILES string of the molecule is CC(C)(C)OC(=O)Nc1cccc(C(=O)N2CCN(c3ccccc3[N+](=O)[O-])CC2)c1. The quantitative estimate of drug-likeness (QED) is 0.587. The van der Waals surface area contributed by atoms with Crippen molar-refractivity contribution < 1.29 is 19.2 Å². The smallest absolute Gasteiger partial charge is 0.412 e. The number of hydrogen-bond acceptors (Lipinski definition) is 6. The van der Waals surface area contributed by atoms with Crippen molar-refractivity contribution in [3.8, 4) is 0 Å². The van der Waals surface area contributed by atoms with Gasteiger partial charge in [0, 0.05) is 43.5 Å². The summed E-state index contributed by atoms with van der Waals surface area (Å²) in [6, 6.07) is 13.3. The number of nitrogens with one attached hydrogen (secondary N) is 1. The Bertz CT molecular complexity index is 978. The van der Waals surface area contributed by atoms with Crippen molar-refractivity contribution >= 4 is 29.1 Å². The van der Waals surface area contributed by atoms with Gasteiger partial charge in [-0.05, 0) is 45.0 Å². The molecule has 2 amide bonds. The van der Waals surface area contributed by atoms with Gasteiger partial charge in [0.15, 0.2) is 0 Å². The number of amides is 2. The monoisotopic (exact) mass is 426 g/mol. The Morgan fingerprint density at radius 1 is 1.03 bits per heavy atom. The summed E-state index contributed by atoms with van der Waals surface area (Å²) in [7, 11) is 0. The molecule has 1 N–H and O–H groups in total. The zero-order valence-electron chi connectivity index (χ0n) is 17.8. The van der Waals surface area contributed by atoms with Gasteiger partial charge < -0.3 is 14.5 Å². The third-order valence-electron chi connectivity index (χ3n) is 4.74. The summed E-state index contributed by atoms with van der Waals surface area (Å²) < 4.78 is 5.24. The van der Waals surface area contributed by atoms with Crippen LogP contribution in [0, 0.1) is 10.1 Å². The van der Waals surface area contributed by atoms with Gasteiger partial charge in [0.2, 0.25) is 0 Å². The molecule has 0 aromatic heterocycles. The minimum absolute atomic E-state index is 0.0585. The van der Waals surface area contributed by atoms with Crippen LogP contribution in [0.25, 0.3) is 0 Å². The van der Waals surface area contributed by atoms with Crippen LogP contribution in [0.2, 0.25) is 0 Å². The molecule has 31 heavy (non-hydrogen) atoms. The van der Waals surface area contributed by atoms with Crippen molar-refractivity contribution in [3.63, 3.8) is 0 Å². The van der Waals surface area contributed by atoms with Gasteiger partial charge in [-0.25, -0.2) is 4.79 Å². The summed E-state index contributed by atoms with van der Waals surface area (Å²) in [6.45, 7) is 7.19. The van der Waals surface area contributed by atoms with E-state index in [1.807, 2.05) is 4.90 Å². The van der Waals surface area contributed by atoms with Gasteiger partial charge >= 0.3 is 6.09 Å². The first-order chi connectivity index (χ1) is 14.6. The van der Waals surface area contributed by atoms with E-state index in [9.17, 15) is 19.7 Å². The van der Waals surface area contributed by atoms with E-state index in [4.69, 9.17) is 4.74 Å². The fourth-order valence-corrected chi connectivity index (χ4v) is 3.37. The van der Waals surface area contributed by atoms with E-state index in [-0.39, 0.29) is 11.6 Å². The Morgan fingerprint density at radius 3 is 2.35 bits per heavy atom. The Labute approximate surface area is 180 Å². The first-order valence-corrected chi connectivity index (χ1v) is 10.0. The number of nitrogens with zero attached hydrogens (tertiary/aromatic N) is 3. The van der Waals surface area contributed by atoms with Crippen molar-refractivity contribution in [2.75, 3.05) is 36.4 Å². The van der Waals surface area contributed by atoms with E-state index in [1.165, 1.54) is 6.07 Å². The van der Waals surface area contributed by atoms with Gasteiger partial charge in [-0.2, -0.15) is 0 Å². The molecule has 0 radical (unpaired) electrons. The molecule has 1 fully saturated rings.